The third-order valence-corrected chi connectivity index (χ3v) is 5.43. The maximum absolute atomic E-state index is 12.9. The summed E-state index contributed by atoms with van der Waals surface area (Å²) in [5.74, 6) is 1.46. The lowest BCUT2D eigenvalue weighted by atomic mass is 10.1. The van der Waals surface area contributed by atoms with E-state index in [0.29, 0.717) is 58.0 Å². The topological polar surface area (TPSA) is 68.3 Å². The molecule has 0 spiro atoms. The van der Waals surface area contributed by atoms with Gasteiger partial charge in [-0.1, -0.05) is 12.1 Å². The molecule has 0 radical (unpaired) electrons. The van der Waals surface area contributed by atoms with E-state index in [1.165, 1.54) is 0 Å². The van der Waals surface area contributed by atoms with E-state index in [9.17, 15) is 9.59 Å². The number of carbonyl (C=O) groups excluding carboxylic acids is 2. The highest BCUT2D eigenvalue weighted by atomic mass is 16.5. The fraction of sp³-hybridized carbons (Fsp3) is 0.391. The van der Waals surface area contributed by atoms with Gasteiger partial charge in [-0.2, -0.15) is 0 Å². The number of nitrogens with zero attached hydrogens (tertiary/aromatic N) is 2. The maximum Gasteiger partial charge on any atom is 0.254 e. The smallest absolute Gasteiger partial charge is 0.254 e. The molecule has 2 amide bonds. The molecule has 2 aliphatic rings. The number of methoxy groups -OCH3 is 1. The van der Waals surface area contributed by atoms with Crippen molar-refractivity contribution in [1.82, 2.24) is 9.80 Å². The fourth-order valence-corrected chi connectivity index (χ4v) is 3.76. The third-order valence-electron chi connectivity index (χ3n) is 5.43. The van der Waals surface area contributed by atoms with Crippen molar-refractivity contribution in [3.8, 4) is 11.5 Å². The second-order valence-corrected chi connectivity index (χ2v) is 7.42. The largest absolute Gasteiger partial charge is 0.497 e. The number of amides is 2. The zero-order valence-electron chi connectivity index (χ0n) is 17.1. The lowest BCUT2D eigenvalue weighted by molar-refractivity contribution is -0.131. The molecule has 0 aromatic heterocycles. The molecule has 2 aliphatic heterocycles. The molecule has 158 valence electrons. The van der Waals surface area contributed by atoms with Crippen LogP contribution in [0.25, 0.3) is 0 Å². The minimum atomic E-state index is -0.0143. The quantitative estimate of drug-likeness (QED) is 0.773. The summed E-state index contributed by atoms with van der Waals surface area (Å²) in [5, 5.41) is 0. The van der Waals surface area contributed by atoms with Gasteiger partial charge in [0.05, 0.1) is 33.3 Å². The summed E-state index contributed by atoms with van der Waals surface area (Å²) in [6, 6.07) is 13.0. The number of morpholine rings is 1. The van der Waals surface area contributed by atoms with Crippen LogP contribution in [-0.4, -0.2) is 68.2 Å². The first-order chi connectivity index (χ1) is 14.6. The van der Waals surface area contributed by atoms with Gasteiger partial charge in [0.1, 0.15) is 18.1 Å². The van der Waals surface area contributed by atoms with Crippen molar-refractivity contribution < 1.29 is 23.8 Å². The Morgan fingerprint density at radius 1 is 1.00 bits per heavy atom. The van der Waals surface area contributed by atoms with Crippen LogP contribution in [-0.2, 0) is 22.5 Å². The normalized spacial score (nSPS) is 16.3. The summed E-state index contributed by atoms with van der Waals surface area (Å²) >= 11 is 0. The van der Waals surface area contributed by atoms with Gasteiger partial charge >= 0.3 is 0 Å². The van der Waals surface area contributed by atoms with Gasteiger partial charge in [-0.05, 0) is 35.9 Å². The van der Waals surface area contributed by atoms with Crippen LogP contribution in [0.4, 0.5) is 0 Å². The van der Waals surface area contributed by atoms with Crippen molar-refractivity contribution in [3.05, 3.63) is 59.2 Å². The van der Waals surface area contributed by atoms with Crippen LogP contribution in [0.3, 0.4) is 0 Å². The van der Waals surface area contributed by atoms with Gasteiger partial charge in [0.2, 0.25) is 5.91 Å². The number of carbonyl (C=O) groups is 2. The van der Waals surface area contributed by atoms with Gasteiger partial charge in [0.15, 0.2) is 0 Å². The number of fused-ring (bicyclic) bond motifs is 1. The highest BCUT2D eigenvalue weighted by Crippen LogP contribution is 2.26. The second kappa shape index (κ2) is 9.17. The third kappa shape index (κ3) is 4.57. The zero-order valence-corrected chi connectivity index (χ0v) is 17.1. The Labute approximate surface area is 176 Å². The van der Waals surface area contributed by atoms with Crippen molar-refractivity contribution in [1.29, 1.82) is 0 Å². The predicted molar refractivity (Wildman–Crippen MR) is 111 cm³/mol. The van der Waals surface area contributed by atoms with Crippen LogP contribution < -0.4 is 9.47 Å². The Balaban J connectivity index is 1.48. The Bertz CT molecular complexity index is 924. The van der Waals surface area contributed by atoms with Gasteiger partial charge in [0.25, 0.3) is 5.91 Å². The van der Waals surface area contributed by atoms with E-state index in [4.69, 9.17) is 14.2 Å². The minimum absolute atomic E-state index is 0.0143. The lowest BCUT2D eigenvalue weighted by Crippen LogP contribution is -2.40. The van der Waals surface area contributed by atoms with Crippen LogP contribution in [0.15, 0.2) is 42.5 Å². The van der Waals surface area contributed by atoms with E-state index in [0.717, 1.165) is 22.6 Å². The van der Waals surface area contributed by atoms with Gasteiger partial charge in [0, 0.05) is 30.8 Å². The van der Waals surface area contributed by atoms with Crippen molar-refractivity contribution in [2.45, 2.75) is 13.0 Å². The average Bonchev–Trinajstić information content (AvgIpc) is 3.01. The van der Waals surface area contributed by atoms with Crippen molar-refractivity contribution >= 4 is 11.8 Å². The van der Waals surface area contributed by atoms with E-state index in [-0.39, 0.29) is 11.8 Å². The fourth-order valence-electron chi connectivity index (χ4n) is 3.76. The number of rotatable bonds is 4. The molecule has 0 aliphatic carbocycles. The van der Waals surface area contributed by atoms with E-state index in [1.54, 1.807) is 23.0 Å². The van der Waals surface area contributed by atoms with Crippen molar-refractivity contribution in [3.63, 3.8) is 0 Å². The number of ether oxygens (including phenoxy) is 3. The lowest BCUT2D eigenvalue weighted by Gasteiger charge is -2.27. The zero-order chi connectivity index (χ0) is 20.9. The van der Waals surface area contributed by atoms with E-state index < -0.39 is 0 Å². The maximum atomic E-state index is 12.9. The first kappa shape index (κ1) is 20.2. The Morgan fingerprint density at radius 2 is 1.80 bits per heavy atom. The van der Waals surface area contributed by atoms with Gasteiger partial charge in [-0.15, -0.1) is 0 Å². The molecule has 2 aromatic rings. The molecule has 7 nitrogen and oxygen atoms in total. The van der Waals surface area contributed by atoms with Crippen LogP contribution in [0.2, 0.25) is 0 Å². The Morgan fingerprint density at radius 3 is 2.60 bits per heavy atom. The molecular formula is C23H26N2O5. The summed E-state index contributed by atoms with van der Waals surface area (Å²) in [5.41, 5.74) is 2.37. The minimum Gasteiger partial charge on any atom is -0.497 e. The summed E-state index contributed by atoms with van der Waals surface area (Å²) in [6.07, 6.45) is 0.291. The highest BCUT2D eigenvalue weighted by molar-refractivity contribution is 5.94. The molecule has 0 bridgehead atoms. The number of benzene rings is 2. The van der Waals surface area contributed by atoms with Crippen LogP contribution >= 0.6 is 0 Å². The summed E-state index contributed by atoms with van der Waals surface area (Å²) in [4.78, 5) is 29.3. The molecule has 0 saturated carbocycles. The summed E-state index contributed by atoms with van der Waals surface area (Å²) in [6.45, 7) is 3.66. The highest BCUT2D eigenvalue weighted by Gasteiger charge is 2.23. The summed E-state index contributed by atoms with van der Waals surface area (Å²) in [7, 11) is 1.61. The molecular weight excluding hydrogens is 384 g/mol. The molecule has 0 unspecified atom stereocenters. The van der Waals surface area contributed by atoms with Gasteiger partial charge in [-0.25, -0.2) is 0 Å². The van der Waals surface area contributed by atoms with E-state index in [1.807, 2.05) is 36.4 Å². The molecule has 4 rings (SSSR count). The average molecular weight is 410 g/mol. The number of hydrogen-bond donors (Lipinski definition) is 0. The van der Waals surface area contributed by atoms with Gasteiger partial charge in [-0.3, -0.25) is 9.59 Å². The molecule has 2 heterocycles. The molecule has 0 atom stereocenters. The molecule has 7 heteroatoms. The van der Waals surface area contributed by atoms with Crippen molar-refractivity contribution in [2.24, 2.45) is 0 Å². The van der Waals surface area contributed by atoms with E-state index >= 15 is 0 Å². The monoisotopic (exact) mass is 410 g/mol. The first-order valence-electron chi connectivity index (χ1n) is 10.2. The van der Waals surface area contributed by atoms with Crippen LogP contribution in [0.1, 0.15) is 21.5 Å². The van der Waals surface area contributed by atoms with Crippen LogP contribution in [0, 0.1) is 0 Å². The Hall–Kier alpha value is -3.06. The van der Waals surface area contributed by atoms with E-state index in [2.05, 4.69) is 0 Å². The predicted octanol–water partition coefficient (Wildman–Crippen LogP) is 2.13. The molecule has 2 aromatic carbocycles. The van der Waals surface area contributed by atoms with Crippen LogP contribution in [0.5, 0.6) is 11.5 Å². The molecule has 1 fully saturated rings. The standard InChI is InChI=1S/C23H26N2O5/c1-28-20-4-2-3-17(13-20)14-22(26)25-9-12-30-21-6-5-18(15-19(21)16-25)23(27)24-7-10-29-11-8-24/h2-6,13,15H,7-12,14,16H2,1H3. The summed E-state index contributed by atoms with van der Waals surface area (Å²) < 4.78 is 16.4. The number of hydrogen-bond acceptors (Lipinski definition) is 5. The SMILES string of the molecule is COc1cccc(CC(=O)N2CCOc3ccc(C(=O)N4CCOCC4)cc3C2)c1. The Kier molecular flexibility index (Phi) is 6.18. The van der Waals surface area contributed by atoms with Gasteiger partial charge < -0.3 is 24.0 Å². The first-order valence-corrected chi connectivity index (χ1v) is 10.2. The second-order valence-electron chi connectivity index (χ2n) is 7.42. The molecule has 1 saturated heterocycles. The molecule has 0 N–H and O–H groups in total. The molecule has 30 heavy (non-hydrogen) atoms. The van der Waals surface area contributed by atoms with Crippen molar-refractivity contribution in [2.75, 3.05) is 46.6 Å².